The molecule has 2 aromatic rings. The highest BCUT2D eigenvalue weighted by Crippen LogP contribution is 2.17. The van der Waals surface area contributed by atoms with E-state index in [2.05, 4.69) is 77.6 Å². The number of hydrogen-bond donors (Lipinski definition) is 0. The van der Waals surface area contributed by atoms with Crippen LogP contribution >= 0.6 is 15.9 Å². The third-order valence-electron chi connectivity index (χ3n) is 4.82. The molecule has 0 spiro atoms. The lowest BCUT2D eigenvalue weighted by atomic mass is 10.2. The molecule has 1 atom stereocenters. The molecule has 0 amide bonds. The third kappa shape index (κ3) is 4.17. The molecule has 4 heteroatoms. The van der Waals surface area contributed by atoms with Crippen molar-refractivity contribution in [2.45, 2.75) is 45.3 Å². The molecule has 2 nitrogen and oxygen atoms in total. The highest BCUT2D eigenvalue weighted by molar-refractivity contribution is 9.10. The number of ether oxygens (including phenoxy) is 2. The van der Waals surface area contributed by atoms with Crippen molar-refractivity contribution in [1.29, 1.82) is 0 Å². The Bertz CT molecular complexity index is 664. The molecule has 0 N–H and O–H groups in total. The van der Waals surface area contributed by atoms with Gasteiger partial charge >= 0.3 is 0 Å². The van der Waals surface area contributed by atoms with Gasteiger partial charge in [0.2, 0.25) is 0 Å². The molecule has 1 aliphatic heterocycles. The van der Waals surface area contributed by atoms with E-state index in [1.807, 2.05) is 0 Å². The standard InChI is InChI=1S/C20H25BrO2Si/c1-24(2,18-12-10-17(21)11-13-18)19-8-4-3-7-16(19)15-23-20-9-5-6-14-22-20/h3-4,7-8,10-13,20H,5-6,9,14-15H2,1-2H3. The van der Waals surface area contributed by atoms with Gasteiger partial charge in [0.05, 0.1) is 6.61 Å². The van der Waals surface area contributed by atoms with Crippen LogP contribution in [-0.4, -0.2) is 21.0 Å². The fourth-order valence-electron chi connectivity index (χ4n) is 3.30. The van der Waals surface area contributed by atoms with Crippen LogP contribution in [0.4, 0.5) is 0 Å². The van der Waals surface area contributed by atoms with Crippen molar-refractivity contribution < 1.29 is 9.47 Å². The van der Waals surface area contributed by atoms with Gasteiger partial charge in [0.1, 0.15) is 8.07 Å². The first-order valence-corrected chi connectivity index (χ1v) is 12.4. The number of hydrogen-bond acceptors (Lipinski definition) is 2. The number of benzene rings is 2. The molecule has 0 aromatic heterocycles. The number of rotatable bonds is 5. The zero-order chi connectivity index (χ0) is 17.0. The van der Waals surface area contributed by atoms with Gasteiger partial charge in [-0.2, -0.15) is 0 Å². The summed E-state index contributed by atoms with van der Waals surface area (Å²) in [6.07, 6.45) is 3.32. The smallest absolute Gasteiger partial charge is 0.158 e. The van der Waals surface area contributed by atoms with Crippen molar-refractivity contribution in [2.24, 2.45) is 0 Å². The van der Waals surface area contributed by atoms with Gasteiger partial charge in [0.25, 0.3) is 0 Å². The molecule has 1 heterocycles. The maximum Gasteiger partial charge on any atom is 0.158 e. The fraction of sp³-hybridized carbons (Fsp3) is 0.400. The van der Waals surface area contributed by atoms with Gasteiger partial charge in [0.15, 0.2) is 6.29 Å². The van der Waals surface area contributed by atoms with Crippen LogP contribution in [0.25, 0.3) is 0 Å². The summed E-state index contributed by atoms with van der Waals surface area (Å²) in [7, 11) is -1.75. The molecule has 3 rings (SSSR count). The summed E-state index contributed by atoms with van der Waals surface area (Å²) in [6, 6.07) is 17.5. The van der Waals surface area contributed by atoms with E-state index < -0.39 is 8.07 Å². The maximum atomic E-state index is 6.05. The fourth-order valence-corrected chi connectivity index (χ4v) is 6.35. The van der Waals surface area contributed by atoms with E-state index in [9.17, 15) is 0 Å². The van der Waals surface area contributed by atoms with Gasteiger partial charge < -0.3 is 9.47 Å². The molecule has 1 saturated heterocycles. The lowest BCUT2D eigenvalue weighted by Crippen LogP contribution is -2.54. The first-order valence-electron chi connectivity index (χ1n) is 8.65. The van der Waals surface area contributed by atoms with Crippen molar-refractivity contribution in [2.75, 3.05) is 6.61 Å². The summed E-state index contributed by atoms with van der Waals surface area (Å²) in [6.45, 7) is 6.28. The van der Waals surface area contributed by atoms with Crippen LogP contribution < -0.4 is 10.4 Å². The maximum absolute atomic E-state index is 6.05. The van der Waals surface area contributed by atoms with Gasteiger partial charge in [-0.3, -0.25) is 0 Å². The van der Waals surface area contributed by atoms with Crippen molar-refractivity contribution in [3.63, 3.8) is 0 Å². The predicted molar refractivity (Wildman–Crippen MR) is 106 cm³/mol. The quantitative estimate of drug-likeness (QED) is 0.690. The molecule has 24 heavy (non-hydrogen) atoms. The van der Waals surface area contributed by atoms with Crippen LogP contribution in [0.2, 0.25) is 13.1 Å². The summed E-state index contributed by atoms with van der Waals surface area (Å²) in [5.74, 6) is 0. The van der Waals surface area contributed by atoms with Crippen molar-refractivity contribution in [1.82, 2.24) is 0 Å². The normalized spacial score (nSPS) is 18.5. The number of halogens is 1. The van der Waals surface area contributed by atoms with Crippen molar-refractivity contribution in [3.05, 3.63) is 58.6 Å². The van der Waals surface area contributed by atoms with Gasteiger partial charge in [-0.1, -0.05) is 70.6 Å². The molecule has 0 saturated carbocycles. The minimum absolute atomic E-state index is 0.0377. The van der Waals surface area contributed by atoms with Crippen LogP contribution in [-0.2, 0) is 16.1 Å². The summed E-state index contributed by atoms with van der Waals surface area (Å²) in [5.41, 5.74) is 1.30. The van der Waals surface area contributed by atoms with Crippen LogP contribution in [0.1, 0.15) is 24.8 Å². The molecule has 1 unspecified atom stereocenters. The van der Waals surface area contributed by atoms with Crippen LogP contribution in [0.15, 0.2) is 53.0 Å². The van der Waals surface area contributed by atoms with E-state index in [4.69, 9.17) is 9.47 Å². The molecular formula is C20H25BrO2Si. The monoisotopic (exact) mass is 404 g/mol. The van der Waals surface area contributed by atoms with Crippen molar-refractivity contribution >= 4 is 34.4 Å². The Morgan fingerprint density at radius 2 is 1.83 bits per heavy atom. The molecule has 0 bridgehead atoms. The van der Waals surface area contributed by atoms with E-state index in [1.54, 1.807) is 0 Å². The van der Waals surface area contributed by atoms with Crippen molar-refractivity contribution in [3.8, 4) is 0 Å². The molecule has 1 fully saturated rings. The van der Waals surface area contributed by atoms with Gasteiger partial charge in [0, 0.05) is 11.1 Å². The van der Waals surface area contributed by atoms with Crippen LogP contribution in [0, 0.1) is 0 Å². The summed E-state index contributed by atoms with van der Waals surface area (Å²) in [5, 5.41) is 2.88. The lowest BCUT2D eigenvalue weighted by molar-refractivity contribution is -0.168. The Morgan fingerprint density at radius 1 is 1.08 bits per heavy atom. The Kier molecular flexibility index (Phi) is 5.92. The van der Waals surface area contributed by atoms with Crippen LogP contribution in [0.3, 0.4) is 0 Å². The minimum Gasteiger partial charge on any atom is -0.353 e. The molecule has 0 aliphatic carbocycles. The molecule has 1 aliphatic rings. The second kappa shape index (κ2) is 7.96. The van der Waals surface area contributed by atoms with E-state index in [-0.39, 0.29) is 6.29 Å². The summed E-state index contributed by atoms with van der Waals surface area (Å²) < 4.78 is 12.9. The lowest BCUT2D eigenvalue weighted by Gasteiger charge is -2.28. The Morgan fingerprint density at radius 3 is 2.54 bits per heavy atom. The van der Waals surface area contributed by atoms with Gasteiger partial charge in [-0.25, -0.2) is 0 Å². The van der Waals surface area contributed by atoms with E-state index in [1.165, 1.54) is 22.4 Å². The SMILES string of the molecule is C[Si](C)(c1ccc(Br)cc1)c1ccccc1COC1CCCCO1. The second-order valence-electron chi connectivity index (χ2n) is 6.90. The molecule has 128 valence electrons. The molecule has 0 radical (unpaired) electrons. The highest BCUT2D eigenvalue weighted by atomic mass is 79.9. The first-order chi connectivity index (χ1) is 11.6. The topological polar surface area (TPSA) is 18.5 Å². The first kappa shape index (κ1) is 17.9. The summed E-state index contributed by atoms with van der Waals surface area (Å²) in [4.78, 5) is 0. The zero-order valence-corrected chi connectivity index (χ0v) is 17.0. The van der Waals surface area contributed by atoms with E-state index in [0.29, 0.717) is 6.61 Å². The Labute approximate surface area is 154 Å². The van der Waals surface area contributed by atoms with Gasteiger partial charge in [-0.15, -0.1) is 0 Å². The molecule has 2 aromatic carbocycles. The second-order valence-corrected chi connectivity index (χ2v) is 12.2. The minimum atomic E-state index is -1.75. The van der Waals surface area contributed by atoms with E-state index >= 15 is 0 Å². The largest absolute Gasteiger partial charge is 0.353 e. The Balaban J connectivity index is 1.80. The predicted octanol–water partition coefficient (Wildman–Crippen LogP) is 4.31. The average Bonchev–Trinajstić information content (AvgIpc) is 2.61. The highest BCUT2D eigenvalue weighted by Gasteiger charge is 2.28. The zero-order valence-electron chi connectivity index (χ0n) is 14.4. The third-order valence-corrected chi connectivity index (χ3v) is 8.96. The molecular weight excluding hydrogens is 380 g/mol. The van der Waals surface area contributed by atoms with E-state index in [0.717, 1.165) is 23.9 Å². The summed E-state index contributed by atoms with van der Waals surface area (Å²) >= 11 is 3.53. The van der Waals surface area contributed by atoms with Gasteiger partial charge in [-0.05, 0) is 42.1 Å². The Hall–Kier alpha value is -0.943. The average molecular weight is 405 g/mol. The van der Waals surface area contributed by atoms with Crippen LogP contribution in [0.5, 0.6) is 0 Å².